The van der Waals surface area contributed by atoms with E-state index in [4.69, 9.17) is 0 Å². The van der Waals surface area contributed by atoms with Gasteiger partial charge in [0.2, 0.25) is 0 Å². The summed E-state index contributed by atoms with van der Waals surface area (Å²) in [5.41, 5.74) is 1.23. The molecule has 1 saturated heterocycles. The van der Waals surface area contributed by atoms with Crippen LogP contribution >= 0.6 is 0 Å². The predicted molar refractivity (Wildman–Crippen MR) is 63.0 cm³/mol. The van der Waals surface area contributed by atoms with Crippen LogP contribution in [-0.4, -0.2) is 23.8 Å². The molecule has 1 aromatic rings. The predicted octanol–water partition coefficient (Wildman–Crippen LogP) is 2.28. The van der Waals surface area contributed by atoms with E-state index >= 15 is 0 Å². The average Bonchev–Trinajstić information content (AvgIpc) is 2.61. The molecule has 0 saturated carbocycles. The van der Waals surface area contributed by atoms with Crippen LogP contribution in [0.5, 0.6) is 0 Å². The quantitative estimate of drug-likeness (QED) is 0.800. The van der Waals surface area contributed by atoms with E-state index < -0.39 is 0 Å². The van der Waals surface area contributed by atoms with Crippen LogP contribution in [0.3, 0.4) is 0 Å². The highest BCUT2D eigenvalue weighted by atomic mass is 16.3. The van der Waals surface area contributed by atoms with Crippen molar-refractivity contribution in [1.29, 1.82) is 0 Å². The second-order valence-electron chi connectivity index (χ2n) is 4.62. The molecule has 2 unspecified atom stereocenters. The van der Waals surface area contributed by atoms with Crippen molar-refractivity contribution in [3.63, 3.8) is 0 Å². The van der Waals surface area contributed by atoms with Gasteiger partial charge in [0.25, 0.3) is 0 Å². The molecular weight excluding hydrogens is 186 g/mol. The summed E-state index contributed by atoms with van der Waals surface area (Å²) in [7, 11) is 0. The molecule has 0 aromatic heterocycles. The SMILES string of the molecule is CC(C)C1C(O)CCN1c1ccccc1. The summed E-state index contributed by atoms with van der Waals surface area (Å²) in [6.45, 7) is 5.32. The summed E-state index contributed by atoms with van der Waals surface area (Å²) in [6, 6.07) is 10.6. The Morgan fingerprint density at radius 3 is 2.53 bits per heavy atom. The number of hydrogen-bond donors (Lipinski definition) is 1. The van der Waals surface area contributed by atoms with Crippen LogP contribution in [0.15, 0.2) is 30.3 Å². The Morgan fingerprint density at radius 2 is 1.93 bits per heavy atom. The van der Waals surface area contributed by atoms with Crippen LogP contribution < -0.4 is 4.90 Å². The molecule has 1 fully saturated rings. The fourth-order valence-electron chi connectivity index (χ4n) is 2.52. The highest BCUT2D eigenvalue weighted by Gasteiger charge is 2.34. The van der Waals surface area contributed by atoms with Crippen molar-refractivity contribution in [3.8, 4) is 0 Å². The van der Waals surface area contributed by atoms with Gasteiger partial charge in [0, 0.05) is 12.2 Å². The number of anilines is 1. The number of para-hydroxylation sites is 1. The second kappa shape index (κ2) is 4.23. The zero-order chi connectivity index (χ0) is 10.8. The third-order valence-corrected chi connectivity index (χ3v) is 3.19. The standard InChI is InChI=1S/C13H19NO/c1-10(2)13-12(15)8-9-14(13)11-6-4-3-5-7-11/h3-7,10,12-13,15H,8-9H2,1-2H3. The first-order chi connectivity index (χ1) is 7.20. The summed E-state index contributed by atoms with van der Waals surface area (Å²) >= 11 is 0. The van der Waals surface area contributed by atoms with Gasteiger partial charge >= 0.3 is 0 Å². The van der Waals surface area contributed by atoms with Gasteiger partial charge < -0.3 is 10.0 Å². The molecule has 2 rings (SSSR count). The first-order valence-electron chi connectivity index (χ1n) is 5.70. The van der Waals surface area contributed by atoms with Crippen molar-refractivity contribution in [3.05, 3.63) is 30.3 Å². The number of aliphatic hydroxyl groups is 1. The molecule has 15 heavy (non-hydrogen) atoms. The van der Waals surface area contributed by atoms with Gasteiger partial charge in [-0.1, -0.05) is 32.0 Å². The molecule has 0 amide bonds. The summed E-state index contributed by atoms with van der Waals surface area (Å²) in [6.07, 6.45) is 0.711. The van der Waals surface area contributed by atoms with Crippen molar-refractivity contribution in [2.45, 2.75) is 32.4 Å². The first kappa shape index (κ1) is 10.5. The lowest BCUT2D eigenvalue weighted by Crippen LogP contribution is -2.39. The van der Waals surface area contributed by atoms with Gasteiger partial charge in [-0.3, -0.25) is 0 Å². The number of benzene rings is 1. The van der Waals surface area contributed by atoms with E-state index in [1.54, 1.807) is 0 Å². The Hall–Kier alpha value is -1.02. The molecule has 2 heteroatoms. The molecule has 1 aliphatic rings. The zero-order valence-electron chi connectivity index (χ0n) is 9.43. The van der Waals surface area contributed by atoms with Crippen LogP contribution in [0.1, 0.15) is 20.3 Å². The molecule has 0 spiro atoms. The maximum Gasteiger partial charge on any atom is 0.0762 e. The number of aliphatic hydroxyl groups excluding tert-OH is 1. The molecule has 1 aromatic carbocycles. The van der Waals surface area contributed by atoms with Crippen LogP contribution in [0.25, 0.3) is 0 Å². The van der Waals surface area contributed by atoms with Crippen molar-refractivity contribution in [2.24, 2.45) is 5.92 Å². The lowest BCUT2D eigenvalue weighted by atomic mass is 9.99. The summed E-state index contributed by atoms with van der Waals surface area (Å²) in [5, 5.41) is 9.95. The molecule has 2 atom stereocenters. The molecule has 0 aliphatic carbocycles. The van der Waals surface area contributed by atoms with E-state index in [0.717, 1.165) is 13.0 Å². The van der Waals surface area contributed by atoms with Crippen LogP contribution in [-0.2, 0) is 0 Å². The number of rotatable bonds is 2. The van der Waals surface area contributed by atoms with Gasteiger partial charge in [-0.05, 0) is 24.5 Å². The van der Waals surface area contributed by atoms with Gasteiger partial charge in [0.1, 0.15) is 0 Å². The highest BCUT2D eigenvalue weighted by molar-refractivity contribution is 5.48. The Morgan fingerprint density at radius 1 is 1.27 bits per heavy atom. The Kier molecular flexibility index (Phi) is 2.96. The van der Waals surface area contributed by atoms with Gasteiger partial charge in [-0.15, -0.1) is 0 Å². The monoisotopic (exact) mass is 205 g/mol. The fourth-order valence-corrected chi connectivity index (χ4v) is 2.52. The Balaban J connectivity index is 2.22. The maximum atomic E-state index is 9.95. The van der Waals surface area contributed by atoms with Crippen LogP contribution in [0.2, 0.25) is 0 Å². The van der Waals surface area contributed by atoms with Crippen LogP contribution in [0.4, 0.5) is 5.69 Å². The van der Waals surface area contributed by atoms with Gasteiger partial charge in [0.05, 0.1) is 12.1 Å². The lowest BCUT2D eigenvalue weighted by Gasteiger charge is -2.31. The van der Waals surface area contributed by atoms with Gasteiger partial charge in [-0.25, -0.2) is 0 Å². The Labute approximate surface area is 91.5 Å². The van der Waals surface area contributed by atoms with E-state index in [1.165, 1.54) is 5.69 Å². The number of hydrogen-bond acceptors (Lipinski definition) is 2. The molecule has 82 valence electrons. The summed E-state index contributed by atoms with van der Waals surface area (Å²) in [5.74, 6) is 0.489. The lowest BCUT2D eigenvalue weighted by molar-refractivity contribution is 0.145. The van der Waals surface area contributed by atoms with E-state index in [1.807, 2.05) is 6.07 Å². The molecule has 1 heterocycles. The van der Waals surface area contributed by atoms with E-state index in [2.05, 4.69) is 43.0 Å². The third kappa shape index (κ3) is 2.00. The summed E-state index contributed by atoms with van der Waals surface area (Å²) < 4.78 is 0. The van der Waals surface area contributed by atoms with Gasteiger partial charge in [-0.2, -0.15) is 0 Å². The zero-order valence-corrected chi connectivity index (χ0v) is 9.43. The largest absolute Gasteiger partial charge is 0.391 e. The van der Waals surface area contributed by atoms with Crippen molar-refractivity contribution in [1.82, 2.24) is 0 Å². The van der Waals surface area contributed by atoms with Crippen LogP contribution in [0, 0.1) is 5.92 Å². The minimum atomic E-state index is -0.176. The van der Waals surface area contributed by atoms with Crippen molar-refractivity contribution in [2.75, 3.05) is 11.4 Å². The maximum absolute atomic E-state index is 9.95. The average molecular weight is 205 g/mol. The third-order valence-electron chi connectivity index (χ3n) is 3.19. The minimum Gasteiger partial charge on any atom is -0.391 e. The first-order valence-corrected chi connectivity index (χ1v) is 5.70. The highest BCUT2D eigenvalue weighted by Crippen LogP contribution is 2.29. The minimum absolute atomic E-state index is 0.176. The van der Waals surface area contributed by atoms with E-state index in [9.17, 15) is 5.11 Å². The van der Waals surface area contributed by atoms with Crippen molar-refractivity contribution < 1.29 is 5.11 Å². The topological polar surface area (TPSA) is 23.5 Å². The normalized spacial score (nSPS) is 26.3. The molecule has 2 nitrogen and oxygen atoms in total. The van der Waals surface area contributed by atoms with Gasteiger partial charge in [0.15, 0.2) is 0 Å². The van der Waals surface area contributed by atoms with Crippen molar-refractivity contribution >= 4 is 5.69 Å². The fraction of sp³-hybridized carbons (Fsp3) is 0.538. The molecule has 1 N–H and O–H groups in total. The number of nitrogens with zero attached hydrogens (tertiary/aromatic N) is 1. The molecule has 1 aliphatic heterocycles. The molecule has 0 radical (unpaired) electrons. The Bertz CT molecular complexity index is 310. The van der Waals surface area contributed by atoms with E-state index in [-0.39, 0.29) is 12.1 Å². The van der Waals surface area contributed by atoms with E-state index in [0.29, 0.717) is 5.92 Å². The molecule has 0 bridgehead atoms. The summed E-state index contributed by atoms with van der Waals surface area (Å²) in [4.78, 5) is 2.33. The second-order valence-corrected chi connectivity index (χ2v) is 4.62. The molecular formula is C13H19NO. The smallest absolute Gasteiger partial charge is 0.0762 e.